The van der Waals surface area contributed by atoms with Crippen molar-refractivity contribution < 1.29 is 4.79 Å². The van der Waals surface area contributed by atoms with Crippen LogP contribution in [0.2, 0.25) is 0 Å². The van der Waals surface area contributed by atoms with Gasteiger partial charge in [-0.15, -0.1) is 21.5 Å². The lowest BCUT2D eigenvalue weighted by Gasteiger charge is -2.24. The Bertz CT molecular complexity index is 737. The Hall–Kier alpha value is -1.76. The van der Waals surface area contributed by atoms with Crippen LogP contribution >= 0.6 is 11.3 Å². The van der Waals surface area contributed by atoms with Gasteiger partial charge in [0, 0.05) is 19.5 Å². The summed E-state index contributed by atoms with van der Waals surface area (Å²) < 4.78 is 2.27. The van der Waals surface area contributed by atoms with Crippen molar-refractivity contribution in [3.63, 3.8) is 0 Å². The van der Waals surface area contributed by atoms with E-state index in [1.165, 1.54) is 30.6 Å². The number of rotatable bonds is 3. The number of hydrogen-bond acceptors (Lipinski definition) is 5. The lowest BCUT2D eigenvalue weighted by atomic mass is 10.2. The maximum Gasteiger partial charge on any atom is 0.266 e. The monoisotopic (exact) mass is 345 g/mol. The van der Waals surface area contributed by atoms with Gasteiger partial charge in [-0.25, -0.2) is 4.98 Å². The molecule has 0 bridgehead atoms. The SMILES string of the molecule is CCc1ncc(C(=O)N2CCCC2c2nnc3n2CCCCC3)s1. The number of carbonyl (C=O) groups is 1. The molecule has 0 radical (unpaired) electrons. The van der Waals surface area contributed by atoms with Gasteiger partial charge < -0.3 is 9.47 Å². The fourth-order valence-electron chi connectivity index (χ4n) is 3.75. The molecule has 0 spiro atoms. The van der Waals surface area contributed by atoms with Gasteiger partial charge in [-0.1, -0.05) is 13.3 Å². The van der Waals surface area contributed by atoms with Gasteiger partial charge >= 0.3 is 0 Å². The van der Waals surface area contributed by atoms with Crippen molar-refractivity contribution >= 4 is 17.2 Å². The van der Waals surface area contributed by atoms with E-state index in [-0.39, 0.29) is 11.9 Å². The molecular weight excluding hydrogens is 322 g/mol. The Balaban J connectivity index is 1.61. The predicted molar refractivity (Wildman–Crippen MR) is 92.1 cm³/mol. The quantitative estimate of drug-likeness (QED) is 0.858. The van der Waals surface area contributed by atoms with E-state index in [0.29, 0.717) is 0 Å². The molecule has 2 aromatic rings. The summed E-state index contributed by atoms with van der Waals surface area (Å²) in [6.07, 6.45) is 9.21. The summed E-state index contributed by atoms with van der Waals surface area (Å²) in [7, 11) is 0. The maximum atomic E-state index is 13.0. The van der Waals surface area contributed by atoms with Crippen LogP contribution in [0.4, 0.5) is 0 Å². The summed E-state index contributed by atoms with van der Waals surface area (Å²) >= 11 is 1.51. The molecule has 0 aromatic carbocycles. The summed E-state index contributed by atoms with van der Waals surface area (Å²) in [5, 5.41) is 9.91. The first kappa shape index (κ1) is 15.7. The van der Waals surface area contributed by atoms with Gasteiger partial charge in [-0.3, -0.25) is 4.79 Å². The fraction of sp³-hybridized carbons (Fsp3) is 0.647. The average molecular weight is 345 g/mol. The molecule has 7 heteroatoms. The fourth-order valence-corrected chi connectivity index (χ4v) is 4.56. The highest BCUT2D eigenvalue weighted by molar-refractivity contribution is 7.13. The number of aromatic nitrogens is 4. The van der Waals surface area contributed by atoms with Crippen molar-refractivity contribution in [2.24, 2.45) is 0 Å². The van der Waals surface area contributed by atoms with E-state index < -0.39 is 0 Å². The van der Waals surface area contributed by atoms with Gasteiger partial charge in [-0.2, -0.15) is 0 Å². The van der Waals surface area contributed by atoms with Crippen molar-refractivity contribution in [1.29, 1.82) is 0 Å². The van der Waals surface area contributed by atoms with Gasteiger partial charge in [0.05, 0.1) is 17.2 Å². The van der Waals surface area contributed by atoms with E-state index in [4.69, 9.17) is 0 Å². The highest BCUT2D eigenvalue weighted by Gasteiger charge is 2.35. The van der Waals surface area contributed by atoms with E-state index in [1.807, 2.05) is 4.90 Å². The summed E-state index contributed by atoms with van der Waals surface area (Å²) in [6, 6.07) is 0.0593. The number of likely N-dealkylation sites (tertiary alicyclic amines) is 1. The molecule has 1 unspecified atom stereocenters. The van der Waals surface area contributed by atoms with Crippen molar-refractivity contribution in [2.45, 2.75) is 64.5 Å². The zero-order chi connectivity index (χ0) is 16.5. The number of aryl methyl sites for hydroxylation is 2. The van der Waals surface area contributed by atoms with Gasteiger partial charge in [-0.05, 0) is 32.1 Å². The number of thiazole rings is 1. The third kappa shape index (κ3) is 2.75. The van der Waals surface area contributed by atoms with Crippen LogP contribution in [0.15, 0.2) is 6.20 Å². The van der Waals surface area contributed by atoms with Gasteiger partial charge in [0.2, 0.25) is 0 Å². The minimum atomic E-state index is 0.0593. The molecule has 1 atom stereocenters. The third-order valence-corrected chi connectivity index (χ3v) is 6.15. The number of nitrogens with zero attached hydrogens (tertiary/aromatic N) is 5. The Morgan fingerprint density at radius 3 is 3.00 bits per heavy atom. The first-order chi connectivity index (χ1) is 11.8. The number of fused-ring (bicyclic) bond motifs is 1. The van der Waals surface area contributed by atoms with Crippen LogP contribution in [0, 0.1) is 0 Å². The Morgan fingerprint density at radius 1 is 1.25 bits per heavy atom. The van der Waals surface area contributed by atoms with Crippen LogP contribution in [0.25, 0.3) is 0 Å². The van der Waals surface area contributed by atoms with Crippen LogP contribution < -0.4 is 0 Å². The average Bonchev–Trinajstić information content (AvgIpc) is 3.30. The highest BCUT2D eigenvalue weighted by atomic mass is 32.1. The van der Waals surface area contributed by atoms with Crippen LogP contribution in [0.1, 0.15) is 71.4 Å². The molecule has 4 rings (SSSR count). The summed E-state index contributed by atoms with van der Waals surface area (Å²) in [4.78, 5) is 20.0. The minimum Gasteiger partial charge on any atom is -0.328 e. The van der Waals surface area contributed by atoms with E-state index in [9.17, 15) is 4.79 Å². The molecule has 128 valence electrons. The summed E-state index contributed by atoms with van der Waals surface area (Å²) in [6.45, 7) is 3.85. The molecule has 0 saturated carbocycles. The first-order valence-corrected chi connectivity index (χ1v) is 9.77. The van der Waals surface area contributed by atoms with Crippen LogP contribution in [0.5, 0.6) is 0 Å². The second-order valence-electron chi connectivity index (χ2n) is 6.57. The van der Waals surface area contributed by atoms with Crippen LogP contribution in [-0.2, 0) is 19.4 Å². The number of amides is 1. The number of hydrogen-bond donors (Lipinski definition) is 0. The van der Waals surface area contributed by atoms with Crippen molar-refractivity contribution in [3.8, 4) is 0 Å². The van der Waals surface area contributed by atoms with Crippen LogP contribution in [-0.4, -0.2) is 37.1 Å². The van der Waals surface area contributed by atoms with Crippen molar-refractivity contribution in [3.05, 3.63) is 27.7 Å². The highest BCUT2D eigenvalue weighted by Crippen LogP contribution is 2.34. The second kappa shape index (κ2) is 6.63. The van der Waals surface area contributed by atoms with E-state index in [0.717, 1.165) is 60.3 Å². The van der Waals surface area contributed by atoms with Crippen molar-refractivity contribution in [1.82, 2.24) is 24.6 Å². The molecule has 6 nitrogen and oxygen atoms in total. The molecule has 2 aromatic heterocycles. The largest absolute Gasteiger partial charge is 0.328 e. The Labute approximate surface area is 145 Å². The van der Waals surface area contributed by atoms with E-state index in [1.54, 1.807) is 6.20 Å². The lowest BCUT2D eigenvalue weighted by Crippen LogP contribution is -2.31. The molecular formula is C17H23N5OS. The standard InChI is InChI=1S/C17H23N5OS/c1-2-15-18-11-13(24-15)17(23)21-10-6-7-12(21)16-20-19-14-8-4-3-5-9-22(14)16/h11-12H,2-10H2,1H3. The normalized spacial score (nSPS) is 20.9. The van der Waals surface area contributed by atoms with Crippen molar-refractivity contribution in [2.75, 3.05) is 6.54 Å². The molecule has 1 fully saturated rings. The molecule has 4 heterocycles. The summed E-state index contributed by atoms with van der Waals surface area (Å²) in [5.74, 6) is 2.17. The summed E-state index contributed by atoms with van der Waals surface area (Å²) in [5.41, 5.74) is 0. The van der Waals surface area contributed by atoms with Gasteiger partial charge in [0.25, 0.3) is 5.91 Å². The molecule has 24 heavy (non-hydrogen) atoms. The zero-order valence-corrected chi connectivity index (χ0v) is 14.9. The third-order valence-electron chi connectivity index (χ3n) is 5.02. The van der Waals surface area contributed by atoms with Gasteiger partial charge in [0.15, 0.2) is 5.82 Å². The first-order valence-electron chi connectivity index (χ1n) is 8.95. The maximum absolute atomic E-state index is 13.0. The lowest BCUT2D eigenvalue weighted by molar-refractivity contribution is 0.0731. The minimum absolute atomic E-state index is 0.0593. The molecule has 0 N–H and O–H groups in total. The zero-order valence-electron chi connectivity index (χ0n) is 14.1. The molecule has 0 aliphatic carbocycles. The number of carbonyl (C=O) groups excluding carboxylic acids is 1. The second-order valence-corrected chi connectivity index (χ2v) is 7.68. The molecule has 1 saturated heterocycles. The Kier molecular flexibility index (Phi) is 4.35. The van der Waals surface area contributed by atoms with E-state index >= 15 is 0 Å². The topological polar surface area (TPSA) is 63.9 Å². The molecule has 1 amide bonds. The smallest absolute Gasteiger partial charge is 0.266 e. The predicted octanol–water partition coefficient (Wildman–Crippen LogP) is 3.00. The molecule has 2 aliphatic rings. The van der Waals surface area contributed by atoms with E-state index in [2.05, 4.69) is 26.7 Å². The van der Waals surface area contributed by atoms with Gasteiger partial charge in [0.1, 0.15) is 10.7 Å². The Morgan fingerprint density at radius 2 is 2.17 bits per heavy atom. The van der Waals surface area contributed by atoms with Crippen LogP contribution in [0.3, 0.4) is 0 Å². The molecule has 2 aliphatic heterocycles.